The van der Waals surface area contributed by atoms with Crippen molar-refractivity contribution >= 4 is 0 Å². The second kappa shape index (κ2) is 4.46. The quantitative estimate of drug-likeness (QED) is 0.718. The molecule has 1 aliphatic carbocycles. The third kappa shape index (κ3) is 2.10. The average molecular weight is 252 g/mol. The summed E-state index contributed by atoms with van der Waals surface area (Å²) in [5.41, 5.74) is 6.91. The molecule has 3 atom stereocenters. The van der Waals surface area contributed by atoms with Crippen molar-refractivity contribution in [1.29, 1.82) is 0 Å². The zero-order valence-electron chi connectivity index (χ0n) is 12.0. The SMILES string of the molecule is CN1C2CCCCC(C)(N)CC2CCC12COC2. The number of ether oxygens (including phenoxy) is 1. The molecule has 0 radical (unpaired) electrons. The van der Waals surface area contributed by atoms with Crippen LogP contribution in [-0.4, -0.2) is 42.3 Å². The van der Waals surface area contributed by atoms with Crippen molar-refractivity contribution in [2.24, 2.45) is 11.7 Å². The van der Waals surface area contributed by atoms with Crippen LogP contribution >= 0.6 is 0 Å². The summed E-state index contributed by atoms with van der Waals surface area (Å²) in [6, 6.07) is 0.742. The Balaban J connectivity index is 1.76. The Kier molecular flexibility index (Phi) is 3.20. The van der Waals surface area contributed by atoms with Crippen LogP contribution < -0.4 is 5.73 Å². The summed E-state index contributed by atoms with van der Waals surface area (Å²) in [5, 5.41) is 0. The first-order valence-electron chi connectivity index (χ1n) is 7.62. The number of hydrogen-bond donors (Lipinski definition) is 1. The van der Waals surface area contributed by atoms with Crippen LogP contribution in [0.2, 0.25) is 0 Å². The summed E-state index contributed by atoms with van der Waals surface area (Å²) in [4.78, 5) is 2.66. The second-order valence-corrected chi connectivity index (χ2v) is 7.30. The summed E-state index contributed by atoms with van der Waals surface area (Å²) < 4.78 is 5.50. The van der Waals surface area contributed by atoms with Crippen LogP contribution in [0.4, 0.5) is 0 Å². The van der Waals surface area contributed by atoms with Crippen molar-refractivity contribution in [2.45, 2.75) is 69.0 Å². The van der Waals surface area contributed by atoms with Crippen LogP contribution in [-0.2, 0) is 4.74 Å². The molecule has 18 heavy (non-hydrogen) atoms. The van der Waals surface area contributed by atoms with Gasteiger partial charge in [0.05, 0.1) is 18.8 Å². The minimum absolute atomic E-state index is 0.0603. The molecular formula is C15H28N2O. The Hall–Kier alpha value is -0.120. The highest BCUT2D eigenvalue weighted by Gasteiger charge is 2.50. The Bertz CT molecular complexity index is 312. The van der Waals surface area contributed by atoms with E-state index in [1.165, 1.54) is 44.9 Å². The van der Waals surface area contributed by atoms with Crippen molar-refractivity contribution in [3.05, 3.63) is 0 Å². The van der Waals surface area contributed by atoms with Crippen LogP contribution in [0.25, 0.3) is 0 Å². The number of fused-ring (bicyclic) bond motifs is 1. The zero-order chi connectivity index (χ0) is 12.8. The van der Waals surface area contributed by atoms with E-state index >= 15 is 0 Å². The Morgan fingerprint density at radius 1 is 1.17 bits per heavy atom. The van der Waals surface area contributed by atoms with Crippen molar-refractivity contribution in [1.82, 2.24) is 4.90 Å². The number of hydrogen-bond acceptors (Lipinski definition) is 3. The summed E-state index contributed by atoms with van der Waals surface area (Å²) in [7, 11) is 2.33. The number of likely N-dealkylation sites (tertiary alicyclic amines) is 1. The lowest BCUT2D eigenvalue weighted by molar-refractivity contribution is -0.177. The molecule has 3 aliphatic rings. The number of nitrogens with two attached hydrogens (primary N) is 1. The van der Waals surface area contributed by atoms with Crippen molar-refractivity contribution < 1.29 is 4.74 Å². The minimum atomic E-state index is 0.0603. The molecule has 104 valence electrons. The molecule has 2 saturated heterocycles. The fraction of sp³-hybridized carbons (Fsp3) is 1.00. The maximum Gasteiger partial charge on any atom is 0.0678 e. The van der Waals surface area contributed by atoms with Gasteiger partial charge in [-0.2, -0.15) is 0 Å². The van der Waals surface area contributed by atoms with Gasteiger partial charge < -0.3 is 10.5 Å². The molecule has 2 aliphatic heterocycles. The van der Waals surface area contributed by atoms with Gasteiger partial charge in [0, 0.05) is 11.6 Å². The van der Waals surface area contributed by atoms with Gasteiger partial charge in [-0.05, 0) is 52.0 Å². The van der Waals surface area contributed by atoms with Gasteiger partial charge in [0.25, 0.3) is 0 Å². The van der Waals surface area contributed by atoms with Gasteiger partial charge in [0.2, 0.25) is 0 Å². The highest BCUT2D eigenvalue weighted by molar-refractivity contribution is 5.04. The Labute approximate surface area is 111 Å². The van der Waals surface area contributed by atoms with Crippen LogP contribution in [0.5, 0.6) is 0 Å². The molecule has 1 saturated carbocycles. The van der Waals surface area contributed by atoms with Gasteiger partial charge in [0.1, 0.15) is 0 Å². The molecule has 1 spiro atoms. The molecule has 0 amide bonds. The lowest BCUT2D eigenvalue weighted by atomic mass is 9.69. The van der Waals surface area contributed by atoms with E-state index in [0.29, 0.717) is 5.54 Å². The van der Waals surface area contributed by atoms with Gasteiger partial charge in [0.15, 0.2) is 0 Å². The van der Waals surface area contributed by atoms with Gasteiger partial charge in [-0.25, -0.2) is 0 Å². The first kappa shape index (κ1) is 12.9. The van der Waals surface area contributed by atoms with Crippen molar-refractivity contribution in [3.63, 3.8) is 0 Å². The topological polar surface area (TPSA) is 38.5 Å². The second-order valence-electron chi connectivity index (χ2n) is 7.30. The lowest BCUT2D eigenvalue weighted by Gasteiger charge is -2.58. The maximum atomic E-state index is 6.47. The van der Waals surface area contributed by atoms with Gasteiger partial charge in [-0.15, -0.1) is 0 Å². The van der Waals surface area contributed by atoms with E-state index in [-0.39, 0.29) is 5.54 Å². The molecule has 2 heterocycles. The number of nitrogens with zero attached hydrogens (tertiary/aromatic N) is 1. The molecule has 3 fully saturated rings. The Morgan fingerprint density at radius 3 is 2.61 bits per heavy atom. The summed E-state index contributed by atoms with van der Waals surface area (Å²) in [5.74, 6) is 0.802. The van der Waals surface area contributed by atoms with E-state index in [1.54, 1.807) is 0 Å². The predicted molar refractivity (Wildman–Crippen MR) is 73.5 cm³/mol. The average Bonchev–Trinajstić information content (AvgIpc) is 2.22. The zero-order valence-corrected chi connectivity index (χ0v) is 12.0. The lowest BCUT2D eigenvalue weighted by Crippen LogP contribution is -2.68. The van der Waals surface area contributed by atoms with Crippen LogP contribution in [0, 0.1) is 5.92 Å². The normalized spacial score (nSPS) is 44.8. The van der Waals surface area contributed by atoms with E-state index in [9.17, 15) is 0 Å². The molecule has 3 rings (SSSR count). The van der Waals surface area contributed by atoms with Crippen LogP contribution in [0.15, 0.2) is 0 Å². The predicted octanol–water partition coefficient (Wildman–Crippen LogP) is 2.15. The molecule has 3 unspecified atom stereocenters. The molecule has 0 aromatic carbocycles. The minimum Gasteiger partial charge on any atom is -0.377 e. The monoisotopic (exact) mass is 252 g/mol. The van der Waals surface area contributed by atoms with E-state index in [0.717, 1.165) is 25.2 Å². The standard InChI is InChI=1S/C15H28N2O/c1-14(16)7-4-3-5-13-12(9-14)6-8-15(17(13)2)10-18-11-15/h12-13H,3-11,16H2,1-2H3. The van der Waals surface area contributed by atoms with Gasteiger partial charge in [-0.3, -0.25) is 4.90 Å². The van der Waals surface area contributed by atoms with Crippen LogP contribution in [0.3, 0.4) is 0 Å². The Morgan fingerprint density at radius 2 is 1.94 bits per heavy atom. The fourth-order valence-electron chi connectivity index (χ4n) is 4.43. The van der Waals surface area contributed by atoms with Gasteiger partial charge >= 0.3 is 0 Å². The maximum absolute atomic E-state index is 6.47. The molecule has 2 N–H and O–H groups in total. The number of rotatable bonds is 0. The summed E-state index contributed by atoms with van der Waals surface area (Å²) in [6.45, 7) is 4.16. The molecule has 0 aromatic heterocycles. The van der Waals surface area contributed by atoms with E-state index < -0.39 is 0 Å². The molecule has 0 aromatic rings. The molecular weight excluding hydrogens is 224 g/mol. The number of piperidine rings is 1. The molecule has 0 bridgehead atoms. The fourth-order valence-corrected chi connectivity index (χ4v) is 4.43. The third-order valence-electron chi connectivity index (χ3n) is 5.74. The summed E-state index contributed by atoms with van der Waals surface area (Å²) >= 11 is 0. The van der Waals surface area contributed by atoms with Crippen molar-refractivity contribution in [2.75, 3.05) is 20.3 Å². The van der Waals surface area contributed by atoms with Crippen LogP contribution in [0.1, 0.15) is 51.9 Å². The van der Waals surface area contributed by atoms with E-state index in [4.69, 9.17) is 10.5 Å². The highest BCUT2D eigenvalue weighted by atomic mass is 16.5. The summed E-state index contributed by atoms with van der Waals surface area (Å²) in [6.07, 6.45) is 9.07. The van der Waals surface area contributed by atoms with Gasteiger partial charge in [-0.1, -0.05) is 12.8 Å². The first-order valence-corrected chi connectivity index (χ1v) is 7.62. The third-order valence-corrected chi connectivity index (χ3v) is 5.74. The van der Waals surface area contributed by atoms with E-state index in [2.05, 4.69) is 18.9 Å². The largest absolute Gasteiger partial charge is 0.377 e. The first-order chi connectivity index (χ1) is 8.53. The van der Waals surface area contributed by atoms with E-state index in [1.807, 2.05) is 0 Å². The smallest absolute Gasteiger partial charge is 0.0678 e. The highest BCUT2D eigenvalue weighted by Crippen LogP contribution is 2.44. The molecule has 3 nitrogen and oxygen atoms in total. The number of likely N-dealkylation sites (N-methyl/N-ethyl adjacent to an activating group) is 1. The van der Waals surface area contributed by atoms with Crippen molar-refractivity contribution in [3.8, 4) is 0 Å². The molecule has 3 heteroatoms.